The minimum Gasteiger partial charge on any atom is -0.469 e. The minimum absolute atomic E-state index is 0.360. The topological polar surface area (TPSA) is 72.8 Å². The number of rotatable bonds is 6. The molecule has 0 spiro atoms. The molecule has 0 unspecified atom stereocenters. The number of guanidine groups is 1. The van der Waals surface area contributed by atoms with E-state index in [0.29, 0.717) is 18.9 Å². The average Bonchev–Trinajstić information content (AvgIpc) is 3.09. The first kappa shape index (κ1) is 15.7. The third-order valence-electron chi connectivity index (χ3n) is 3.31. The van der Waals surface area contributed by atoms with Crippen molar-refractivity contribution in [2.45, 2.75) is 6.42 Å². The van der Waals surface area contributed by atoms with Gasteiger partial charge in [0, 0.05) is 24.7 Å². The number of hydrogen-bond acceptors (Lipinski definition) is 3. The number of ether oxygens (including phenoxy) is 1. The Balaban J connectivity index is 1.57. The molecule has 0 aliphatic heterocycles. The van der Waals surface area contributed by atoms with Crippen LogP contribution in [0.2, 0.25) is 0 Å². The quantitative estimate of drug-likeness (QED) is 0.531. The molecule has 1 heterocycles. The van der Waals surface area contributed by atoms with Gasteiger partial charge in [0.15, 0.2) is 5.96 Å². The van der Waals surface area contributed by atoms with Gasteiger partial charge in [-0.05, 0) is 36.4 Å². The molecule has 0 saturated heterocycles. The van der Waals surface area contributed by atoms with Gasteiger partial charge >= 0.3 is 0 Å². The zero-order valence-electron chi connectivity index (χ0n) is 13.2. The summed E-state index contributed by atoms with van der Waals surface area (Å²) in [6, 6.07) is 21.0. The second kappa shape index (κ2) is 7.87. The molecule has 0 radical (unpaired) electrons. The molecule has 5 heteroatoms. The highest BCUT2D eigenvalue weighted by atomic mass is 16.5. The van der Waals surface area contributed by atoms with Crippen LogP contribution in [0.3, 0.4) is 0 Å². The fraction of sp³-hybridized carbons (Fsp3) is 0.105. The van der Waals surface area contributed by atoms with Crippen molar-refractivity contribution >= 4 is 11.6 Å². The highest BCUT2D eigenvalue weighted by Crippen LogP contribution is 2.23. The molecular formula is C19H19N3O2. The van der Waals surface area contributed by atoms with E-state index in [-0.39, 0.29) is 0 Å². The summed E-state index contributed by atoms with van der Waals surface area (Å²) in [5.74, 6) is 2.77. The molecular weight excluding hydrogens is 302 g/mol. The van der Waals surface area contributed by atoms with E-state index >= 15 is 0 Å². The Labute approximate surface area is 140 Å². The zero-order valence-corrected chi connectivity index (χ0v) is 13.2. The van der Waals surface area contributed by atoms with Crippen LogP contribution in [0.1, 0.15) is 5.76 Å². The predicted octanol–water partition coefficient (Wildman–Crippen LogP) is 4.04. The fourth-order valence-corrected chi connectivity index (χ4v) is 2.19. The monoisotopic (exact) mass is 321 g/mol. The average molecular weight is 321 g/mol. The van der Waals surface area contributed by atoms with Gasteiger partial charge in [-0.25, -0.2) is 0 Å². The molecule has 0 aliphatic carbocycles. The van der Waals surface area contributed by atoms with Crippen LogP contribution in [0.5, 0.6) is 11.5 Å². The van der Waals surface area contributed by atoms with Gasteiger partial charge in [-0.1, -0.05) is 24.3 Å². The van der Waals surface area contributed by atoms with E-state index in [4.69, 9.17) is 14.9 Å². The maximum atomic E-state index is 5.92. The summed E-state index contributed by atoms with van der Waals surface area (Å²) in [6.45, 7) is 0.562. The van der Waals surface area contributed by atoms with Crippen molar-refractivity contribution in [2.75, 3.05) is 11.9 Å². The number of para-hydroxylation sites is 1. The normalized spacial score (nSPS) is 11.2. The van der Waals surface area contributed by atoms with Crippen molar-refractivity contribution in [3.05, 3.63) is 78.8 Å². The molecule has 0 atom stereocenters. The summed E-state index contributed by atoms with van der Waals surface area (Å²) in [5, 5.41) is 3.07. The van der Waals surface area contributed by atoms with E-state index in [1.165, 1.54) is 0 Å². The number of furan rings is 1. The van der Waals surface area contributed by atoms with Gasteiger partial charge in [-0.3, -0.25) is 4.99 Å². The molecule has 3 rings (SSSR count). The van der Waals surface area contributed by atoms with Crippen molar-refractivity contribution < 1.29 is 9.15 Å². The number of nitrogens with one attached hydrogen (secondary N) is 1. The molecule has 24 heavy (non-hydrogen) atoms. The summed E-state index contributed by atoms with van der Waals surface area (Å²) in [4.78, 5) is 4.29. The summed E-state index contributed by atoms with van der Waals surface area (Å²) in [7, 11) is 0. The fourth-order valence-electron chi connectivity index (χ4n) is 2.19. The molecule has 0 aliphatic rings. The maximum absolute atomic E-state index is 5.92. The zero-order chi connectivity index (χ0) is 16.6. The molecule has 0 bridgehead atoms. The van der Waals surface area contributed by atoms with Gasteiger partial charge in [-0.2, -0.15) is 0 Å². The molecule has 5 nitrogen and oxygen atoms in total. The van der Waals surface area contributed by atoms with E-state index in [9.17, 15) is 0 Å². The van der Waals surface area contributed by atoms with Crippen LogP contribution >= 0.6 is 0 Å². The number of benzene rings is 2. The van der Waals surface area contributed by atoms with Crippen LogP contribution in [0.4, 0.5) is 5.69 Å². The lowest BCUT2D eigenvalue weighted by molar-refractivity contribution is 0.483. The Morgan fingerprint density at radius 2 is 1.83 bits per heavy atom. The molecule has 0 amide bonds. The number of nitrogens with two attached hydrogens (primary N) is 1. The van der Waals surface area contributed by atoms with E-state index < -0.39 is 0 Å². The van der Waals surface area contributed by atoms with E-state index in [2.05, 4.69) is 10.3 Å². The van der Waals surface area contributed by atoms with Gasteiger partial charge in [0.2, 0.25) is 0 Å². The number of nitrogens with zero attached hydrogens (tertiary/aromatic N) is 1. The van der Waals surface area contributed by atoms with Crippen LogP contribution in [-0.4, -0.2) is 12.5 Å². The second-order valence-corrected chi connectivity index (χ2v) is 5.16. The molecule has 2 aromatic carbocycles. The standard InChI is InChI=1S/C19H19N3O2/c20-19(21-12-11-16-10-5-13-23-16)22-15-6-4-9-18(14-15)24-17-7-2-1-3-8-17/h1-10,13-14H,11-12H2,(H3,20,21,22). The number of anilines is 1. The third-order valence-corrected chi connectivity index (χ3v) is 3.31. The van der Waals surface area contributed by atoms with Crippen LogP contribution in [-0.2, 0) is 6.42 Å². The molecule has 0 saturated carbocycles. The van der Waals surface area contributed by atoms with Crippen molar-refractivity contribution in [1.29, 1.82) is 0 Å². The lowest BCUT2D eigenvalue weighted by atomic mass is 10.3. The van der Waals surface area contributed by atoms with Gasteiger partial charge in [0.05, 0.1) is 6.26 Å². The van der Waals surface area contributed by atoms with Crippen LogP contribution in [0.25, 0.3) is 0 Å². The molecule has 1 aromatic heterocycles. The van der Waals surface area contributed by atoms with E-state index in [1.54, 1.807) is 6.26 Å². The predicted molar refractivity (Wildman–Crippen MR) is 95.5 cm³/mol. The van der Waals surface area contributed by atoms with E-state index in [0.717, 1.165) is 22.9 Å². The third kappa shape index (κ3) is 4.64. The van der Waals surface area contributed by atoms with Crippen LogP contribution < -0.4 is 15.8 Å². The van der Waals surface area contributed by atoms with Crippen molar-refractivity contribution in [1.82, 2.24) is 0 Å². The van der Waals surface area contributed by atoms with Gasteiger partial charge in [-0.15, -0.1) is 0 Å². The summed E-state index contributed by atoms with van der Waals surface area (Å²) >= 11 is 0. The molecule has 122 valence electrons. The SMILES string of the molecule is NC(=NCCc1ccco1)Nc1cccc(Oc2ccccc2)c1. The Morgan fingerprint density at radius 3 is 2.62 bits per heavy atom. The largest absolute Gasteiger partial charge is 0.469 e. The Kier molecular flexibility index (Phi) is 5.14. The molecule has 3 aromatic rings. The Hall–Kier alpha value is -3.21. The van der Waals surface area contributed by atoms with Crippen molar-refractivity contribution in [3.8, 4) is 11.5 Å². The van der Waals surface area contributed by atoms with Gasteiger partial charge < -0.3 is 20.2 Å². The number of aliphatic imine (C=N–C) groups is 1. The number of hydrogen-bond donors (Lipinski definition) is 2. The molecule has 3 N–H and O–H groups in total. The summed E-state index contributed by atoms with van der Waals surface area (Å²) in [5.41, 5.74) is 6.74. The minimum atomic E-state index is 0.360. The van der Waals surface area contributed by atoms with Crippen LogP contribution in [0.15, 0.2) is 82.4 Å². The first-order valence-corrected chi connectivity index (χ1v) is 7.72. The maximum Gasteiger partial charge on any atom is 0.193 e. The highest BCUT2D eigenvalue weighted by molar-refractivity contribution is 5.92. The van der Waals surface area contributed by atoms with E-state index in [1.807, 2.05) is 66.7 Å². The lowest BCUT2D eigenvalue weighted by Crippen LogP contribution is -2.23. The summed E-state index contributed by atoms with van der Waals surface area (Å²) < 4.78 is 11.1. The first-order chi connectivity index (χ1) is 11.8. The highest BCUT2D eigenvalue weighted by Gasteiger charge is 2.00. The van der Waals surface area contributed by atoms with Crippen molar-refractivity contribution in [3.63, 3.8) is 0 Å². The van der Waals surface area contributed by atoms with Crippen LogP contribution in [0, 0.1) is 0 Å². The Morgan fingerprint density at radius 1 is 1.00 bits per heavy atom. The smallest absolute Gasteiger partial charge is 0.193 e. The van der Waals surface area contributed by atoms with Gasteiger partial charge in [0.25, 0.3) is 0 Å². The second-order valence-electron chi connectivity index (χ2n) is 5.16. The lowest BCUT2D eigenvalue weighted by Gasteiger charge is -2.09. The summed E-state index contributed by atoms with van der Waals surface area (Å²) in [6.07, 6.45) is 2.37. The molecule has 0 fully saturated rings. The van der Waals surface area contributed by atoms with Gasteiger partial charge in [0.1, 0.15) is 17.3 Å². The van der Waals surface area contributed by atoms with Crippen molar-refractivity contribution in [2.24, 2.45) is 10.7 Å². The first-order valence-electron chi connectivity index (χ1n) is 7.72. The Bertz CT molecular complexity index is 783.